The number of benzene rings is 1. The standard InChI is InChI=1S/C7H7F2NO2S/c1-13(11,12)7-5(10)3-2-4(8)6(7)9/h2-3H,10H2,1H3. The largest absolute Gasteiger partial charge is 0.398 e. The average Bonchev–Trinajstić information content (AvgIpc) is 1.95. The molecule has 0 bridgehead atoms. The minimum atomic E-state index is -3.83. The second-order valence-electron chi connectivity index (χ2n) is 2.55. The number of sulfone groups is 1. The molecule has 0 unspecified atom stereocenters. The summed E-state index contributed by atoms with van der Waals surface area (Å²) in [5.74, 6) is -2.66. The number of nitrogen functional groups attached to an aromatic ring is 1. The highest BCUT2D eigenvalue weighted by Crippen LogP contribution is 2.23. The summed E-state index contributed by atoms with van der Waals surface area (Å²) in [6, 6.07) is 1.79. The lowest BCUT2D eigenvalue weighted by atomic mass is 10.3. The van der Waals surface area contributed by atoms with Crippen LogP contribution in [0.2, 0.25) is 0 Å². The molecule has 1 aromatic carbocycles. The Hall–Kier alpha value is -1.17. The van der Waals surface area contributed by atoms with Crippen molar-refractivity contribution in [2.24, 2.45) is 0 Å². The third kappa shape index (κ3) is 1.77. The quantitative estimate of drug-likeness (QED) is 0.697. The van der Waals surface area contributed by atoms with Crippen LogP contribution in [-0.2, 0) is 9.84 Å². The summed E-state index contributed by atoms with van der Waals surface area (Å²) in [6.45, 7) is 0. The van der Waals surface area contributed by atoms with Crippen LogP contribution in [0.5, 0.6) is 0 Å². The summed E-state index contributed by atoms with van der Waals surface area (Å²) >= 11 is 0. The van der Waals surface area contributed by atoms with Gasteiger partial charge in [0.15, 0.2) is 21.5 Å². The maximum atomic E-state index is 12.9. The maximum Gasteiger partial charge on any atom is 0.180 e. The maximum absolute atomic E-state index is 12.9. The van der Waals surface area contributed by atoms with Crippen LogP contribution in [0.1, 0.15) is 0 Å². The molecule has 0 saturated heterocycles. The fraction of sp³-hybridized carbons (Fsp3) is 0.143. The van der Waals surface area contributed by atoms with Gasteiger partial charge in [0, 0.05) is 6.26 Å². The van der Waals surface area contributed by atoms with Crippen molar-refractivity contribution in [1.82, 2.24) is 0 Å². The predicted molar refractivity (Wildman–Crippen MR) is 43.9 cm³/mol. The van der Waals surface area contributed by atoms with Gasteiger partial charge in [-0.3, -0.25) is 0 Å². The molecule has 2 N–H and O–H groups in total. The Morgan fingerprint density at radius 1 is 1.31 bits per heavy atom. The molecule has 0 radical (unpaired) electrons. The molecule has 0 spiro atoms. The molecule has 0 amide bonds. The van der Waals surface area contributed by atoms with E-state index in [-0.39, 0.29) is 5.69 Å². The Kier molecular flexibility index (Phi) is 2.25. The minimum absolute atomic E-state index is 0.290. The number of anilines is 1. The van der Waals surface area contributed by atoms with E-state index in [2.05, 4.69) is 0 Å². The van der Waals surface area contributed by atoms with Gasteiger partial charge >= 0.3 is 0 Å². The zero-order valence-electron chi connectivity index (χ0n) is 6.71. The molecule has 13 heavy (non-hydrogen) atoms. The van der Waals surface area contributed by atoms with Crippen LogP contribution in [0, 0.1) is 11.6 Å². The molecule has 0 fully saturated rings. The Morgan fingerprint density at radius 3 is 2.23 bits per heavy atom. The number of hydrogen-bond donors (Lipinski definition) is 1. The van der Waals surface area contributed by atoms with Crippen molar-refractivity contribution in [3.8, 4) is 0 Å². The summed E-state index contributed by atoms with van der Waals surface area (Å²) in [4.78, 5) is -0.785. The number of nitrogens with two attached hydrogens (primary N) is 1. The van der Waals surface area contributed by atoms with Gasteiger partial charge in [0.2, 0.25) is 0 Å². The predicted octanol–water partition coefficient (Wildman–Crippen LogP) is 0.951. The van der Waals surface area contributed by atoms with Gasteiger partial charge in [-0.25, -0.2) is 17.2 Å². The van der Waals surface area contributed by atoms with E-state index in [1.165, 1.54) is 0 Å². The van der Waals surface area contributed by atoms with Crippen LogP contribution < -0.4 is 5.73 Å². The monoisotopic (exact) mass is 207 g/mol. The first kappa shape index (κ1) is 9.91. The highest BCUT2D eigenvalue weighted by atomic mass is 32.2. The van der Waals surface area contributed by atoms with Crippen LogP contribution in [0.3, 0.4) is 0 Å². The van der Waals surface area contributed by atoms with Gasteiger partial charge < -0.3 is 5.73 Å². The van der Waals surface area contributed by atoms with Gasteiger partial charge in [-0.1, -0.05) is 0 Å². The summed E-state index contributed by atoms with van der Waals surface area (Å²) in [7, 11) is -3.83. The molecule has 6 heteroatoms. The first-order chi connectivity index (χ1) is 5.84. The van der Waals surface area contributed by atoms with E-state index in [0.29, 0.717) is 0 Å². The van der Waals surface area contributed by atoms with E-state index in [1.807, 2.05) is 0 Å². The van der Waals surface area contributed by atoms with Crippen LogP contribution in [-0.4, -0.2) is 14.7 Å². The third-order valence-corrected chi connectivity index (χ3v) is 2.61. The van der Waals surface area contributed by atoms with Crippen molar-refractivity contribution in [3.63, 3.8) is 0 Å². The van der Waals surface area contributed by atoms with E-state index in [9.17, 15) is 17.2 Å². The van der Waals surface area contributed by atoms with E-state index >= 15 is 0 Å². The highest BCUT2D eigenvalue weighted by molar-refractivity contribution is 7.90. The van der Waals surface area contributed by atoms with Crippen molar-refractivity contribution in [2.75, 3.05) is 12.0 Å². The fourth-order valence-electron chi connectivity index (χ4n) is 0.924. The number of rotatable bonds is 1. The lowest BCUT2D eigenvalue weighted by Crippen LogP contribution is -2.07. The van der Waals surface area contributed by atoms with E-state index in [0.717, 1.165) is 18.4 Å². The summed E-state index contributed by atoms with van der Waals surface area (Å²) in [5.41, 5.74) is 4.90. The van der Waals surface area contributed by atoms with E-state index in [1.54, 1.807) is 0 Å². The molecule has 0 aliphatic carbocycles. The molecule has 0 aromatic heterocycles. The normalized spacial score (nSPS) is 11.6. The zero-order chi connectivity index (χ0) is 10.2. The topological polar surface area (TPSA) is 60.2 Å². The van der Waals surface area contributed by atoms with E-state index < -0.39 is 26.4 Å². The van der Waals surface area contributed by atoms with Crippen LogP contribution in [0.15, 0.2) is 17.0 Å². The van der Waals surface area contributed by atoms with Crippen LogP contribution >= 0.6 is 0 Å². The van der Waals surface area contributed by atoms with Gasteiger partial charge in [-0.2, -0.15) is 0 Å². The molecule has 3 nitrogen and oxygen atoms in total. The average molecular weight is 207 g/mol. The van der Waals surface area contributed by atoms with Gasteiger partial charge in [0.1, 0.15) is 4.90 Å². The molecule has 1 rings (SSSR count). The molecule has 72 valence electrons. The van der Waals surface area contributed by atoms with Crippen LogP contribution in [0.25, 0.3) is 0 Å². The third-order valence-electron chi connectivity index (χ3n) is 1.45. The SMILES string of the molecule is CS(=O)(=O)c1c(N)ccc(F)c1F. The van der Waals surface area contributed by atoms with Gasteiger partial charge in [0.25, 0.3) is 0 Å². The minimum Gasteiger partial charge on any atom is -0.398 e. The molecule has 0 aliphatic heterocycles. The van der Waals surface area contributed by atoms with Crippen LogP contribution in [0.4, 0.5) is 14.5 Å². The molecule has 0 atom stereocenters. The van der Waals surface area contributed by atoms with Gasteiger partial charge in [-0.05, 0) is 12.1 Å². The molecular formula is C7H7F2NO2S. The lowest BCUT2D eigenvalue weighted by molar-refractivity contribution is 0.487. The van der Waals surface area contributed by atoms with Crippen molar-refractivity contribution < 1.29 is 17.2 Å². The number of hydrogen-bond acceptors (Lipinski definition) is 3. The first-order valence-corrected chi connectivity index (χ1v) is 5.16. The van der Waals surface area contributed by atoms with Gasteiger partial charge in [0.05, 0.1) is 5.69 Å². The summed E-state index contributed by atoms with van der Waals surface area (Å²) in [5, 5.41) is 0. The highest BCUT2D eigenvalue weighted by Gasteiger charge is 2.20. The lowest BCUT2D eigenvalue weighted by Gasteiger charge is -2.04. The van der Waals surface area contributed by atoms with Gasteiger partial charge in [-0.15, -0.1) is 0 Å². The Balaban J connectivity index is 3.62. The summed E-state index contributed by atoms with van der Waals surface area (Å²) < 4.78 is 47.4. The Bertz CT molecular complexity index is 442. The second kappa shape index (κ2) is 2.95. The Labute approximate surface area is 74.1 Å². The molecule has 0 saturated carbocycles. The zero-order valence-corrected chi connectivity index (χ0v) is 7.53. The number of halogens is 2. The summed E-state index contributed by atoms with van der Waals surface area (Å²) in [6.07, 6.45) is 0.765. The molecule has 0 heterocycles. The van der Waals surface area contributed by atoms with Crippen molar-refractivity contribution in [2.45, 2.75) is 4.90 Å². The second-order valence-corrected chi connectivity index (χ2v) is 4.50. The fourth-order valence-corrected chi connectivity index (χ4v) is 1.84. The molecular weight excluding hydrogens is 200 g/mol. The molecule has 0 aliphatic rings. The van der Waals surface area contributed by atoms with E-state index in [4.69, 9.17) is 5.73 Å². The van der Waals surface area contributed by atoms with Crippen molar-refractivity contribution in [1.29, 1.82) is 0 Å². The first-order valence-electron chi connectivity index (χ1n) is 3.27. The smallest absolute Gasteiger partial charge is 0.180 e. The molecule has 1 aromatic rings. The Morgan fingerprint density at radius 2 is 1.85 bits per heavy atom. The van der Waals surface area contributed by atoms with Crippen molar-refractivity contribution in [3.05, 3.63) is 23.8 Å². The van der Waals surface area contributed by atoms with Crippen molar-refractivity contribution >= 4 is 15.5 Å².